The average molecular weight is 413 g/mol. The standard InChI is InChI=1S/C25H52N2O2/c1-4-7-10-11-12-13-14-17-24(28)18-15-19-25(29)26-20-16-23-27(21-8-5-2)22-9-6-3/h24,28H,4-23H2,1-3H3,(H,26,29). The first-order chi connectivity index (χ1) is 14.1. The number of rotatable bonds is 22. The van der Waals surface area contributed by atoms with Gasteiger partial charge in [0.1, 0.15) is 0 Å². The van der Waals surface area contributed by atoms with E-state index in [2.05, 4.69) is 31.0 Å². The van der Waals surface area contributed by atoms with Crippen LogP contribution >= 0.6 is 0 Å². The summed E-state index contributed by atoms with van der Waals surface area (Å²) in [5.41, 5.74) is 0. The van der Waals surface area contributed by atoms with Crippen LogP contribution < -0.4 is 5.32 Å². The summed E-state index contributed by atoms with van der Waals surface area (Å²) in [6.45, 7) is 10.9. The van der Waals surface area contributed by atoms with Gasteiger partial charge in [0.15, 0.2) is 0 Å². The van der Waals surface area contributed by atoms with Crippen molar-refractivity contribution in [2.75, 3.05) is 26.2 Å². The molecule has 0 bridgehead atoms. The van der Waals surface area contributed by atoms with E-state index in [9.17, 15) is 9.90 Å². The van der Waals surface area contributed by atoms with Crippen molar-refractivity contribution in [3.8, 4) is 0 Å². The number of hydrogen-bond acceptors (Lipinski definition) is 3. The van der Waals surface area contributed by atoms with Crippen molar-refractivity contribution in [1.82, 2.24) is 10.2 Å². The summed E-state index contributed by atoms with van der Waals surface area (Å²) in [5, 5.41) is 13.1. The van der Waals surface area contributed by atoms with Crippen LogP contribution in [0.4, 0.5) is 0 Å². The molecule has 1 amide bonds. The van der Waals surface area contributed by atoms with Gasteiger partial charge in [-0.2, -0.15) is 0 Å². The van der Waals surface area contributed by atoms with E-state index in [1.807, 2.05) is 0 Å². The van der Waals surface area contributed by atoms with Crippen molar-refractivity contribution in [1.29, 1.82) is 0 Å². The molecule has 0 aromatic carbocycles. The molecule has 0 spiro atoms. The fourth-order valence-electron chi connectivity index (χ4n) is 3.70. The number of nitrogens with zero attached hydrogens (tertiary/aromatic N) is 1. The summed E-state index contributed by atoms with van der Waals surface area (Å²) in [4.78, 5) is 14.5. The SMILES string of the molecule is CCCCCCCCCC(O)CCCC(=O)NCCCN(CCCC)CCCC. The third-order valence-corrected chi connectivity index (χ3v) is 5.71. The Hall–Kier alpha value is -0.610. The van der Waals surface area contributed by atoms with Gasteiger partial charge in [-0.1, -0.05) is 78.6 Å². The second kappa shape index (κ2) is 22.1. The lowest BCUT2D eigenvalue weighted by Gasteiger charge is -2.21. The number of amides is 1. The smallest absolute Gasteiger partial charge is 0.219 e. The Labute approximate surface area is 182 Å². The number of aliphatic hydroxyl groups excluding tert-OH is 1. The average Bonchev–Trinajstić information content (AvgIpc) is 2.71. The molecule has 4 heteroatoms. The van der Waals surface area contributed by atoms with Crippen LogP contribution in [0, 0.1) is 0 Å². The van der Waals surface area contributed by atoms with Crippen molar-refractivity contribution < 1.29 is 9.90 Å². The molecule has 0 aromatic heterocycles. The van der Waals surface area contributed by atoms with E-state index in [1.54, 1.807) is 0 Å². The Morgan fingerprint density at radius 2 is 1.24 bits per heavy atom. The zero-order chi connectivity index (χ0) is 21.6. The molecule has 0 saturated carbocycles. The molecular weight excluding hydrogens is 360 g/mol. The summed E-state index contributed by atoms with van der Waals surface area (Å²) in [6.07, 6.45) is 17.8. The Kier molecular flexibility index (Phi) is 21.6. The predicted octanol–water partition coefficient (Wildman–Crippen LogP) is 6.07. The van der Waals surface area contributed by atoms with Crippen LogP contribution in [0.25, 0.3) is 0 Å². The van der Waals surface area contributed by atoms with Crippen molar-refractivity contribution in [3.05, 3.63) is 0 Å². The number of hydrogen-bond donors (Lipinski definition) is 2. The van der Waals surface area contributed by atoms with Crippen LogP contribution in [0.1, 0.15) is 124 Å². The van der Waals surface area contributed by atoms with Crippen LogP contribution in [-0.4, -0.2) is 48.2 Å². The zero-order valence-electron chi connectivity index (χ0n) is 20.0. The van der Waals surface area contributed by atoms with Gasteiger partial charge in [-0.15, -0.1) is 0 Å². The quantitative estimate of drug-likeness (QED) is 0.212. The second-order valence-electron chi connectivity index (χ2n) is 8.71. The topological polar surface area (TPSA) is 52.6 Å². The number of aliphatic hydroxyl groups is 1. The highest BCUT2D eigenvalue weighted by atomic mass is 16.3. The van der Waals surface area contributed by atoms with Crippen molar-refractivity contribution in [2.24, 2.45) is 0 Å². The monoisotopic (exact) mass is 412 g/mol. The van der Waals surface area contributed by atoms with E-state index in [1.165, 1.54) is 77.3 Å². The van der Waals surface area contributed by atoms with Crippen LogP contribution in [0.5, 0.6) is 0 Å². The molecule has 1 atom stereocenters. The summed E-state index contributed by atoms with van der Waals surface area (Å²) >= 11 is 0. The van der Waals surface area contributed by atoms with Crippen molar-refractivity contribution >= 4 is 5.91 Å². The van der Waals surface area contributed by atoms with E-state index in [-0.39, 0.29) is 12.0 Å². The van der Waals surface area contributed by atoms with E-state index in [0.29, 0.717) is 6.42 Å². The lowest BCUT2D eigenvalue weighted by Crippen LogP contribution is -2.31. The van der Waals surface area contributed by atoms with Crippen molar-refractivity contribution in [2.45, 2.75) is 130 Å². The first kappa shape index (κ1) is 28.4. The molecule has 29 heavy (non-hydrogen) atoms. The third kappa shape index (κ3) is 20.4. The number of nitrogens with one attached hydrogen (secondary N) is 1. The fourth-order valence-corrected chi connectivity index (χ4v) is 3.70. The minimum absolute atomic E-state index is 0.141. The van der Waals surface area contributed by atoms with Crippen LogP contribution in [0.2, 0.25) is 0 Å². The van der Waals surface area contributed by atoms with E-state index < -0.39 is 0 Å². The van der Waals surface area contributed by atoms with Gasteiger partial charge in [0.05, 0.1) is 6.10 Å². The second-order valence-corrected chi connectivity index (χ2v) is 8.71. The molecule has 0 rings (SSSR count). The molecule has 0 saturated heterocycles. The maximum atomic E-state index is 12.0. The van der Waals surface area contributed by atoms with Crippen LogP contribution in [0.15, 0.2) is 0 Å². The van der Waals surface area contributed by atoms with Gasteiger partial charge in [-0.25, -0.2) is 0 Å². The Morgan fingerprint density at radius 3 is 1.86 bits per heavy atom. The van der Waals surface area contributed by atoms with E-state index >= 15 is 0 Å². The first-order valence-electron chi connectivity index (χ1n) is 12.8. The molecule has 0 aliphatic carbocycles. The van der Waals surface area contributed by atoms with Crippen LogP contribution in [-0.2, 0) is 4.79 Å². The van der Waals surface area contributed by atoms with Gasteiger partial charge in [-0.05, 0) is 58.2 Å². The molecule has 0 radical (unpaired) electrons. The summed E-state index contributed by atoms with van der Waals surface area (Å²) in [6, 6.07) is 0. The molecule has 0 heterocycles. The first-order valence-corrected chi connectivity index (χ1v) is 12.8. The predicted molar refractivity (Wildman–Crippen MR) is 126 cm³/mol. The maximum absolute atomic E-state index is 12.0. The Bertz CT molecular complexity index is 342. The van der Waals surface area contributed by atoms with Gasteiger partial charge >= 0.3 is 0 Å². The van der Waals surface area contributed by atoms with Crippen LogP contribution in [0.3, 0.4) is 0 Å². The summed E-state index contributed by atoms with van der Waals surface area (Å²) < 4.78 is 0. The highest BCUT2D eigenvalue weighted by Gasteiger charge is 2.07. The molecular formula is C25H52N2O2. The Morgan fingerprint density at radius 1 is 0.724 bits per heavy atom. The minimum Gasteiger partial charge on any atom is -0.393 e. The van der Waals surface area contributed by atoms with Gasteiger partial charge in [0.2, 0.25) is 5.91 Å². The van der Waals surface area contributed by atoms with Gasteiger partial charge in [0.25, 0.3) is 0 Å². The van der Waals surface area contributed by atoms with Gasteiger partial charge < -0.3 is 15.3 Å². The largest absolute Gasteiger partial charge is 0.393 e. The van der Waals surface area contributed by atoms with Crippen molar-refractivity contribution in [3.63, 3.8) is 0 Å². The number of carbonyl (C=O) groups is 1. The zero-order valence-corrected chi connectivity index (χ0v) is 20.0. The lowest BCUT2D eigenvalue weighted by atomic mass is 10.0. The van der Waals surface area contributed by atoms with Gasteiger partial charge in [-0.3, -0.25) is 4.79 Å². The lowest BCUT2D eigenvalue weighted by molar-refractivity contribution is -0.121. The summed E-state index contributed by atoms with van der Waals surface area (Å²) in [7, 11) is 0. The molecule has 174 valence electrons. The van der Waals surface area contributed by atoms with E-state index in [0.717, 1.165) is 45.2 Å². The number of unbranched alkanes of at least 4 members (excludes halogenated alkanes) is 8. The fraction of sp³-hybridized carbons (Fsp3) is 0.960. The maximum Gasteiger partial charge on any atom is 0.219 e. The molecule has 0 fully saturated rings. The summed E-state index contributed by atoms with van der Waals surface area (Å²) in [5.74, 6) is 0.141. The third-order valence-electron chi connectivity index (χ3n) is 5.71. The Balaban J connectivity index is 3.60. The minimum atomic E-state index is -0.232. The highest BCUT2D eigenvalue weighted by molar-refractivity contribution is 5.75. The molecule has 0 aliphatic rings. The molecule has 0 aromatic rings. The van der Waals surface area contributed by atoms with Gasteiger partial charge in [0, 0.05) is 13.0 Å². The molecule has 1 unspecified atom stereocenters. The molecule has 4 nitrogen and oxygen atoms in total. The number of carbonyl (C=O) groups excluding carboxylic acids is 1. The normalized spacial score (nSPS) is 12.4. The highest BCUT2D eigenvalue weighted by Crippen LogP contribution is 2.12. The van der Waals surface area contributed by atoms with E-state index in [4.69, 9.17) is 0 Å². The molecule has 0 aliphatic heterocycles. The molecule has 2 N–H and O–H groups in total.